The summed E-state index contributed by atoms with van der Waals surface area (Å²) in [6, 6.07) is 3.85. The Morgan fingerprint density at radius 3 is 2.95 bits per heavy atom. The van der Waals surface area contributed by atoms with Crippen LogP contribution < -0.4 is 4.54 Å². The van der Waals surface area contributed by atoms with Crippen LogP contribution in [0.25, 0.3) is 11.2 Å². The molecule has 2 aromatic rings. The number of pyridine rings is 1. The Kier molecular flexibility index (Phi) is 2.88. The first-order valence-electron chi connectivity index (χ1n) is 7.23. The molecule has 2 saturated heterocycles. The fourth-order valence-electron chi connectivity index (χ4n) is 3.83. The van der Waals surface area contributed by atoms with Crippen molar-refractivity contribution in [1.82, 2.24) is 19.8 Å². The Morgan fingerprint density at radius 1 is 1.48 bits per heavy atom. The topological polar surface area (TPSA) is 59.8 Å². The number of hydrogen-bond donors (Lipinski definition) is 1. The third-order valence-corrected chi connectivity index (χ3v) is 5.69. The van der Waals surface area contributed by atoms with Gasteiger partial charge in [-0.25, -0.2) is 0 Å². The molecular formula is C13H20N6OS+2. The summed E-state index contributed by atoms with van der Waals surface area (Å²) in [5.41, 5.74) is 1.35. The van der Waals surface area contributed by atoms with Crippen LogP contribution in [0.1, 0.15) is 6.17 Å². The molecule has 2 aliphatic heterocycles. The molecule has 0 amide bonds. The number of quaternary nitrogens is 1. The first-order valence-corrected chi connectivity index (χ1v) is 8.39. The van der Waals surface area contributed by atoms with Crippen molar-refractivity contribution in [2.45, 2.75) is 12.3 Å². The zero-order valence-corrected chi connectivity index (χ0v) is 13.1. The predicted molar refractivity (Wildman–Crippen MR) is 81.3 cm³/mol. The number of thioether (sulfide) groups is 1. The van der Waals surface area contributed by atoms with Crippen LogP contribution in [0.15, 0.2) is 18.3 Å². The molecular weight excluding hydrogens is 288 g/mol. The van der Waals surface area contributed by atoms with Gasteiger partial charge in [0, 0.05) is 11.5 Å². The third kappa shape index (κ3) is 1.79. The van der Waals surface area contributed by atoms with Gasteiger partial charge in [0.1, 0.15) is 6.20 Å². The average molecular weight is 308 g/mol. The molecule has 2 aromatic heterocycles. The van der Waals surface area contributed by atoms with Crippen molar-refractivity contribution in [2.24, 2.45) is 0 Å². The van der Waals surface area contributed by atoms with Gasteiger partial charge in [-0.2, -0.15) is 11.8 Å². The number of likely N-dealkylation sites (N-methyl/N-ethyl adjacent to an activating group) is 1. The molecule has 0 bridgehead atoms. The molecule has 2 aliphatic rings. The lowest BCUT2D eigenvalue weighted by Crippen LogP contribution is -2.41. The average Bonchev–Trinajstić information content (AvgIpc) is 2.99. The van der Waals surface area contributed by atoms with E-state index in [-0.39, 0.29) is 6.17 Å². The Bertz CT molecular complexity index is 732. The molecule has 4 rings (SSSR count). The van der Waals surface area contributed by atoms with Crippen molar-refractivity contribution in [3.8, 4) is 0 Å². The normalized spacial score (nSPS) is 27.6. The van der Waals surface area contributed by atoms with Crippen molar-refractivity contribution in [3.05, 3.63) is 23.2 Å². The molecule has 0 aliphatic carbocycles. The summed E-state index contributed by atoms with van der Waals surface area (Å²) >= 11 is 2.02. The Hall–Kier alpha value is -1.38. The molecule has 2 atom stereocenters. The number of hydrogen-bond acceptors (Lipinski definition) is 4. The first-order chi connectivity index (χ1) is 10.1. The van der Waals surface area contributed by atoms with E-state index < -0.39 is 0 Å². The minimum Gasteiger partial charge on any atom is -0.259 e. The minimum absolute atomic E-state index is 0.280. The summed E-state index contributed by atoms with van der Waals surface area (Å²) in [4.78, 5) is 18.5. The van der Waals surface area contributed by atoms with Crippen molar-refractivity contribution in [3.63, 3.8) is 0 Å². The van der Waals surface area contributed by atoms with Gasteiger partial charge < -0.3 is 0 Å². The number of aromatic amines is 1. The van der Waals surface area contributed by atoms with Crippen LogP contribution in [0.5, 0.6) is 0 Å². The van der Waals surface area contributed by atoms with E-state index in [0.29, 0.717) is 11.8 Å². The van der Waals surface area contributed by atoms with Crippen LogP contribution >= 0.6 is 11.8 Å². The first kappa shape index (κ1) is 13.3. The number of nitrogens with one attached hydrogen (secondary N) is 1. The second-order valence-corrected chi connectivity index (χ2v) is 7.29. The largest absolute Gasteiger partial charge is 0.367 e. The molecule has 8 heteroatoms. The third-order valence-electron chi connectivity index (χ3n) is 4.74. The lowest BCUT2D eigenvalue weighted by atomic mass is 10.4. The van der Waals surface area contributed by atoms with Crippen LogP contribution in [0.3, 0.4) is 0 Å². The number of fused-ring (bicyclic) bond motifs is 1. The van der Waals surface area contributed by atoms with E-state index in [9.17, 15) is 4.91 Å². The number of rotatable bonds is 2. The molecule has 0 radical (unpaired) electrons. The maximum absolute atomic E-state index is 12.0. The van der Waals surface area contributed by atoms with E-state index in [4.69, 9.17) is 0 Å². The van der Waals surface area contributed by atoms with E-state index in [1.165, 1.54) is 11.5 Å². The van der Waals surface area contributed by atoms with Crippen LogP contribution in [0.4, 0.5) is 0 Å². The molecule has 0 saturated carbocycles. The highest BCUT2D eigenvalue weighted by Crippen LogP contribution is 2.51. The quantitative estimate of drug-likeness (QED) is 0.491. The Balaban J connectivity index is 1.83. The van der Waals surface area contributed by atoms with E-state index >= 15 is 0 Å². The standard InChI is InChI=1S/C13H20N6OS/c1-16(2)12-13(19(12)6-8-21-9-7-19)17-10-4-3-5-14-11(10)18(20)15-17/h3-5,12-13H,6-9H2,1-2H3,(H,15,20)/q+2. The highest BCUT2D eigenvalue weighted by Gasteiger charge is 2.72. The molecule has 21 heavy (non-hydrogen) atoms. The minimum atomic E-state index is 0.280. The van der Waals surface area contributed by atoms with Gasteiger partial charge in [-0.05, 0) is 26.2 Å². The molecule has 112 valence electrons. The molecule has 1 N–H and O–H groups in total. The summed E-state index contributed by atoms with van der Waals surface area (Å²) in [5, 5.41) is 2.94. The molecule has 4 heterocycles. The number of aromatic nitrogens is 4. The Morgan fingerprint density at radius 2 is 2.24 bits per heavy atom. The fourth-order valence-corrected chi connectivity index (χ4v) is 4.97. The molecule has 2 fully saturated rings. The van der Waals surface area contributed by atoms with E-state index in [1.807, 2.05) is 28.6 Å². The highest BCUT2D eigenvalue weighted by molar-refractivity contribution is 7.99. The summed E-state index contributed by atoms with van der Waals surface area (Å²) in [6.45, 7) is 2.32. The summed E-state index contributed by atoms with van der Waals surface area (Å²) < 4.78 is 3.85. The maximum Gasteiger partial charge on any atom is 0.367 e. The van der Waals surface area contributed by atoms with Gasteiger partial charge in [0.25, 0.3) is 6.17 Å². The van der Waals surface area contributed by atoms with Crippen LogP contribution in [-0.4, -0.2) is 69.1 Å². The predicted octanol–water partition coefficient (Wildman–Crippen LogP) is 0.242. The SMILES string of the molecule is CN(C)C1C(n2[nH][n+](=O)c3ncccc32)[N+]12CCSCC2. The van der Waals surface area contributed by atoms with Crippen LogP contribution in [0.2, 0.25) is 0 Å². The van der Waals surface area contributed by atoms with Crippen molar-refractivity contribution in [2.75, 3.05) is 38.7 Å². The Labute approximate surface area is 126 Å². The van der Waals surface area contributed by atoms with Crippen molar-refractivity contribution < 1.29 is 9.02 Å². The van der Waals surface area contributed by atoms with Gasteiger partial charge in [0.2, 0.25) is 11.7 Å². The van der Waals surface area contributed by atoms with E-state index in [0.717, 1.165) is 27.6 Å². The zero-order chi connectivity index (χ0) is 14.6. The van der Waals surface area contributed by atoms with Crippen molar-refractivity contribution in [1.29, 1.82) is 0 Å². The lowest BCUT2D eigenvalue weighted by Gasteiger charge is -2.25. The van der Waals surface area contributed by atoms with Gasteiger partial charge in [0.05, 0.1) is 17.6 Å². The lowest BCUT2D eigenvalue weighted by molar-refractivity contribution is -0.838. The van der Waals surface area contributed by atoms with E-state index in [2.05, 4.69) is 29.2 Å². The van der Waals surface area contributed by atoms with Crippen LogP contribution in [-0.2, 0) is 0 Å². The maximum atomic E-state index is 12.0. The fraction of sp³-hybridized carbons (Fsp3) is 0.615. The number of H-pyrrole nitrogens is 1. The summed E-state index contributed by atoms with van der Waals surface area (Å²) in [6.07, 6.45) is 2.37. The zero-order valence-electron chi connectivity index (χ0n) is 12.3. The molecule has 1 spiro atoms. The summed E-state index contributed by atoms with van der Waals surface area (Å²) in [5.74, 6) is 2.38. The van der Waals surface area contributed by atoms with Gasteiger partial charge >= 0.3 is 5.65 Å². The molecule has 0 aromatic carbocycles. The van der Waals surface area contributed by atoms with Crippen LogP contribution in [0, 0.1) is 4.91 Å². The van der Waals surface area contributed by atoms with Gasteiger partial charge in [0.15, 0.2) is 0 Å². The second-order valence-electron chi connectivity index (χ2n) is 6.06. The van der Waals surface area contributed by atoms with Gasteiger partial charge in [-0.3, -0.25) is 9.38 Å². The second kappa shape index (κ2) is 4.56. The van der Waals surface area contributed by atoms with Gasteiger partial charge in [-0.1, -0.05) is 10.1 Å². The monoisotopic (exact) mass is 308 g/mol. The summed E-state index contributed by atoms with van der Waals surface area (Å²) in [7, 11) is 4.25. The number of nitrogens with zero attached hydrogens (tertiary/aromatic N) is 5. The highest BCUT2D eigenvalue weighted by atomic mass is 32.2. The van der Waals surface area contributed by atoms with E-state index in [1.54, 1.807) is 6.20 Å². The van der Waals surface area contributed by atoms with Gasteiger partial charge in [-0.15, -0.1) is 9.67 Å². The smallest absolute Gasteiger partial charge is 0.259 e. The molecule has 2 unspecified atom stereocenters. The van der Waals surface area contributed by atoms with Crippen molar-refractivity contribution >= 4 is 22.9 Å². The molecule has 7 nitrogen and oxygen atoms in total.